The highest BCUT2D eigenvalue weighted by atomic mass is 14.9. The molecule has 1 nitrogen and oxygen atoms in total. The molecule has 1 N–H and O–H groups in total. The second-order valence-electron chi connectivity index (χ2n) is 3.35. The molecule has 1 aliphatic rings. The monoisotopic (exact) mass is 141 g/mol. The second kappa shape index (κ2) is 3.97. The van der Waals surface area contributed by atoms with Crippen molar-refractivity contribution in [2.45, 2.75) is 45.1 Å². The first kappa shape index (κ1) is 8.06. The van der Waals surface area contributed by atoms with Crippen LogP contribution in [-0.4, -0.2) is 13.1 Å². The fourth-order valence-corrected chi connectivity index (χ4v) is 2.08. The first-order valence-corrected chi connectivity index (χ1v) is 4.55. The van der Waals surface area contributed by atoms with E-state index in [2.05, 4.69) is 19.3 Å². The Morgan fingerprint density at radius 3 is 2.50 bits per heavy atom. The quantitative estimate of drug-likeness (QED) is 0.621. The van der Waals surface area contributed by atoms with E-state index in [0.29, 0.717) is 0 Å². The molecule has 1 rings (SSSR count). The van der Waals surface area contributed by atoms with E-state index in [1.807, 2.05) is 0 Å². The van der Waals surface area contributed by atoms with Crippen LogP contribution < -0.4 is 5.32 Å². The van der Waals surface area contributed by atoms with Crippen molar-refractivity contribution in [1.82, 2.24) is 5.32 Å². The van der Waals surface area contributed by atoms with E-state index in [4.69, 9.17) is 0 Å². The van der Waals surface area contributed by atoms with Crippen LogP contribution >= 0.6 is 0 Å². The molecule has 1 fully saturated rings. The van der Waals surface area contributed by atoms with E-state index in [1.54, 1.807) is 0 Å². The van der Waals surface area contributed by atoms with Crippen molar-refractivity contribution in [2.24, 2.45) is 5.92 Å². The summed E-state index contributed by atoms with van der Waals surface area (Å²) in [4.78, 5) is 0. The zero-order chi connectivity index (χ0) is 7.40. The van der Waals surface area contributed by atoms with Gasteiger partial charge in [-0.1, -0.05) is 26.2 Å². The minimum Gasteiger partial charge on any atom is -0.317 e. The molecule has 0 aliphatic heterocycles. The van der Waals surface area contributed by atoms with E-state index in [-0.39, 0.29) is 0 Å². The van der Waals surface area contributed by atoms with Gasteiger partial charge in [0.1, 0.15) is 0 Å². The molecule has 1 heteroatoms. The third-order valence-electron chi connectivity index (χ3n) is 2.80. The summed E-state index contributed by atoms with van der Waals surface area (Å²) < 4.78 is 0. The summed E-state index contributed by atoms with van der Waals surface area (Å²) >= 11 is 0. The zero-order valence-corrected chi connectivity index (χ0v) is 7.19. The number of rotatable bonds is 2. The number of hydrogen-bond acceptors (Lipinski definition) is 1. The standard InChI is InChI=1S/C9H19N/c1-3-8-6-4-5-7-9(8)10-2/h8-10H,3-7H2,1-2H3/t8-,9-/m0/s1. The lowest BCUT2D eigenvalue weighted by atomic mass is 9.83. The summed E-state index contributed by atoms with van der Waals surface area (Å²) in [6.07, 6.45) is 7.08. The van der Waals surface area contributed by atoms with E-state index >= 15 is 0 Å². The Kier molecular flexibility index (Phi) is 3.20. The normalized spacial score (nSPS) is 34.2. The minimum atomic E-state index is 0.818. The summed E-state index contributed by atoms with van der Waals surface area (Å²) in [6.45, 7) is 2.31. The van der Waals surface area contributed by atoms with Crippen molar-refractivity contribution in [3.8, 4) is 0 Å². The molecular formula is C9H19N. The Labute approximate surface area is 64.2 Å². The van der Waals surface area contributed by atoms with Gasteiger partial charge in [-0.15, -0.1) is 0 Å². The molecule has 0 unspecified atom stereocenters. The Morgan fingerprint density at radius 1 is 1.30 bits per heavy atom. The van der Waals surface area contributed by atoms with Crippen molar-refractivity contribution in [1.29, 1.82) is 0 Å². The lowest BCUT2D eigenvalue weighted by Gasteiger charge is -2.30. The molecule has 0 aromatic carbocycles. The molecule has 0 aromatic rings. The lowest BCUT2D eigenvalue weighted by molar-refractivity contribution is 0.267. The van der Waals surface area contributed by atoms with Crippen LogP contribution in [0.15, 0.2) is 0 Å². The van der Waals surface area contributed by atoms with Gasteiger partial charge in [0.25, 0.3) is 0 Å². The lowest BCUT2D eigenvalue weighted by Crippen LogP contribution is -2.35. The molecule has 0 spiro atoms. The van der Waals surface area contributed by atoms with Gasteiger partial charge in [-0.2, -0.15) is 0 Å². The average molecular weight is 141 g/mol. The summed E-state index contributed by atoms with van der Waals surface area (Å²) in [6, 6.07) is 0.818. The van der Waals surface area contributed by atoms with Gasteiger partial charge in [0.15, 0.2) is 0 Å². The van der Waals surface area contributed by atoms with Gasteiger partial charge in [0.2, 0.25) is 0 Å². The van der Waals surface area contributed by atoms with E-state index in [9.17, 15) is 0 Å². The molecule has 0 amide bonds. The number of nitrogens with one attached hydrogen (secondary N) is 1. The maximum absolute atomic E-state index is 3.40. The second-order valence-corrected chi connectivity index (χ2v) is 3.35. The summed E-state index contributed by atoms with van der Waals surface area (Å²) in [5.41, 5.74) is 0. The molecule has 0 heterocycles. The van der Waals surface area contributed by atoms with Gasteiger partial charge >= 0.3 is 0 Å². The molecule has 0 saturated heterocycles. The average Bonchev–Trinajstić information content (AvgIpc) is 2.04. The van der Waals surface area contributed by atoms with Gasteiger partial charge in [0, 0.05) is 6.04 Å². The van der Waals surface area contributed by atoms with Gasteiger partial charge in [0.05, 0.1) is 0 Å². The fraction of sp³-hybridized carbons (Fsp3) is 1.00. The van der Waals surface area contributed by atoms with Crippen LogP contribution in [0.3, 0.4) is 0 Å². The van der Waals surface area contributed by atoms with E-state index in [0.717, 1.165) is 12.0 Å². The molecule has 1 saturated carbocycles. The Bertz CT molecular complexity index is 78.7. The van der Waals surface area contributed by atoms with E-state index < -0.39 is 0 Å². The third-order valence-corrected chi connectivity index (χ3v) is 2.80. The molecule has 1 aliphatic carbocycles. The summed E-state index contributed by atoms with van der Waals surface area (Å²) in [5, 5.41) is 3.40. The van der Waals surface area contributed by atoms with Gasteiger partial charge < -0.3 is 5.32 Å². The molecule has 60 valence electrons. The van der Waals surface area contributed by atoms with E-state index in [1.165, 1.54) is 32.1 Å². The van der Waals surface area contributed by atoms with Crippen LogP contribution in [0.1, 0.15) is 39.0 Å². The van der Waals surface area contributed by atoms with Gasteiger partial charge in [-0.3, -0.25) is 0 Å². The first-order valence-electron chi connectivity index (χ1n) is 4.55. The van der Waals surface area contributed by atoms with Crippen molar-refractivity contribution in [3.05, 3.63) is 0 Å². The smallest absolute Gasteiger partial charge is 0.00922 e. The highest BCUT2D eigenvalue weighted by Crippen LogP contribution is 2.26. The highest BCUT2D eigenvalue weighted by Gasteiger charge is 2.21. The molecule has 10 heavy (non-hydrogen) atoms. The third kappa shape index (κ3) is 1.72. The van der Waals surface area contributed by atoms with Crippen molar-refractivity contribution < 1.29 is 0 Å². The largest absolute Gasteiger partial charge is 0.317 e. The molecule has 2 atom stereocenters. The van der Waals surface area contributed by atoms with Crippen molar-refractivity contribution in [3.63, 3.8) is 0 Å². The van der Waals surface area contributed by atoms with Gasteiger partial charge in [-0.05, 0) is 25.8 Å². The first-order chi connectivity index (χ1) is 4.88. The summed E-state index contributed by atoms with van der Waals surface area (Å²) in [7, 11) is 2.10. The molecule has 0 aromatic heterocycles. The van der Waals surface area contributed by atoms with Crippen molar-refractivity contribution >= 4 is 0 Å². The summed E-state index contributed by atoms with van der Waals surface area (Å²) in [5.74, 6) is 0.957. The Balaban J connectivity index is 2.34. The van der Waals surface area contributed by atoms with Crippen LogP contribution in [0.2, 0.25) is 0 Å². The SMILES string of the molecule is CC[C@H]1CCCC[C@@H]1NC. The van der Waals surface area contributed by atoms with Crippen LogP contribution in [0.25, 0.3) is 0 Å². The maximum atomic E-state index is 3.40. The van der Waals surface area contributed by atoms with Crippen LogP contribution in [0, 0.1) is 5.92 Å². The maximum Gasteiger partial charge on any atom is 0.00922 e. The predicted octanol–water partition coefficient (Wildman–Crippen LogP) is 2.17. The molecule has 0 radical (unpaired) electrons. The van der Waals surface area contributed by atoms with Crippen LogP contribution in [-0.2, 0) is 0 Å². The Morgan fingerprint density at radius 2 is 2.00 bits per heavy atom. The minimum absolute atomic E-state index is 0.818. The van der Waals surface area contributed by atoms with Gasteiger partial charge in [-0.25, -0.2) is 0 Å². The van der Waals surface area contributed by atoms with Crippen molar-refractivity contribution in [2.75, 3.05) is 7.05 Å². The fourth-order valence-electron chi connectivity index (χ4n) is 2.08. The number of hydrogen-bond donors (Lipinski definition) is 1. The predicted molar refractivity (Wildman–Crippen MR) is 45.1 cm³/mol. The topological polar surface area (TPSA) is 12.0 Å². The Hall–Kier alpha value is -0.0400. The molecular weight excluding hydrogens is 122 g/mol. The van der Waals surface area contributed by atoms with Crippen LogP contribution in [0.4, 0.5) is 0 Å². The highest BCUT2D eigenvalue weighted by molar-refractivity contribution is 4.78. The molecule has 0 bridgehead atoms. The zero-order valence-electron chi connectivity index (χ0n) is 7.19. The van der Waals surface area contributed by atoms with Crippen LogP contribution in [0.5, 0.6) is 0 Å².